The molecule has 1 aromatic heterocycles. The molecule has 0 aliphatic heterocycles. The first-order valence-corrected chi connectivity index (χ1v) is 8.38. The molecule has 1 rings (SSSR count). The van der Waals surface area contributed by atoms with Crippen molar-refractivity contribution in [3.8, 4) is 0 Å². The van der Waals surface area contributed by atoms with Crippen molar-refractivity contribution in [2.75, 3.05) is 13.2 Å². The van der Waals surface area contributed by atoms with Crippen LogP contribution in [-0.4, -0.2) is 46.8 Å². The Bertz CT molecular complexity index is 509. The van der Waals surface area contributed by atoms with Crippen LogP contribution in [0.1, 0.15) is 34.1 Å². The number of aromatic nitrogens is 2. The fourth-order valence-corrected chi connectivity index (χ4v) is 3.67. The summed E-state index contributed by atoms with van der Waals surface area (Å²) in [5.74, 6) is 0.261. The Morgan fingerprint density at radius 1 is 1.35 bits per heavy atom. The second-order valence-corrected chi connectivity index (χ2v) is 7.47. The fraction of sp³-hybridized carbons (Fsp3) is 0.769. The Balaban J connectivity index is 2.98. The summed E-state index contributed by atoms with van der Waals surface area (Å²) in [5.41, 5.74) is 0. The van der Waals surface area contributed by atoms with E-state index in [-0.39, 0.29) is 23.5 Å². The zero-order valence-electron chi connectivity index (χ0n) is 12.7. The summed E-state index contributed by atoms with van der Waals surface area (Å²) in [7, 11) is -3.51. The number of hydrogen-bond acceptors (Lipinski definition) is 4. The summed E-state index contributed by atoms with van der Waals surface area (Å²) in [6.45, 7) is 8.80. The molecule has 7 heteroatoms. The number of nitrogens with zero attached hydrogens (tertiary/aromatic N) is 3. The Hall–Kier alpha value is -0.920. The lowest BCUT2D eigenvalue weighted by molar-refractivity contribution is 0.277. The third-order valence-electron chi connectivity index (χ3n) is 2.88. The molecule has 20 heavy (non-hydrogen) atoms. The van der Waals surface area contributed by atoms with Crippen LogP contribution < -0.4 is 0 Å². The van der Waals surface area contributed by atoms with Crippen LogP contribution in [0, 0.1) is 5.92 Å². The molecule has 0 aliphatic rings. The quantitative estimate of drug-likeness (QED) is 0.786. The van der Waals surface area contributed by atoms with Gasteiger partial charge in [-0.15, -0.1) is 0 Å². The molecule has 0 saturated carbocycles. The SMILES string of the molecule is CC(C)CN(C(C)C)S(=O)(=O)c1cnn(CCCO)c1. The Labute approximate surface area is 121 Å². The minimum atomic E-state index is -3.51. The highest BCUT2D eigenvalue weighted by Crippen LogP contribution is 2.19. The van der Waals surface area contributed by atoms with E-state index in [1.54, 1.807) is 4.68 Å². The maximum absolute atomic E-state index is 12.6. The monoisotopic (exact) mass is 303 g/mol. The van der Waals surface area contributed by atoms with Gasteiger partial charge in [0.05, 0.1) is 6.20 Å². The molecule has 0 unspecified atom stereocenters. The second-order valence-electron chi connectivity index (χ2n) is 5.58. The Morgan fingerprint density at radius 2 is 2.00 bits per heavy atom. The molecule has 6 nitrogen and oxygen atoms in total. The molecule has 0 atom stereocenters. The minimum Gasteiger partial charge on any atom is -0.396 e. The van der Waals surface area contributed by atoms with Gasteiger partial charge < -0.3 is 5.11 Å². The van der Waals surface area contributed by atoms with Crippen molar-refractivity contribution >= 4 is 10.0 Å². The van der Waals surface area contributed by atoms with E-state index in [4.69, 9.17) is 5.11 Å². The van der Waals surface area contributed by atoms with Crippen LogP contribution in [0.2, 0.25) is 0 Å². The van der Waals surface area contributed by atoms with Crippen molar-refractivity contribution in [2.24, 2.45) is 5.92 Å². The van der Waals surface area contributed by atoms with Gasteiger partial charge in [0.2, 0.25) is 10.0 Å². The molecule has 116 valence electrons. The number of hydrogen-bond donors (Lipinski definition) is 1. The molecule has 0 saturated heterocycles. The molecule has 0 amide bonds. The van der Waals surface area contributed by atoms with Gasteiger partial charge in [0.25, 0.3) is 0 Å². The van der Waals surface area contributed by atoms with Crippen LogP contribution in [0.5, 0.6) is 0 Å². The zero-order chi connectivity index (χ0) is 15.3. The van der Waals surface area contributed by atoms with Crippen molar-refractivity contribution in [1.82, 2.24) is 14.1 Å². The Morgan fingerprint density at radius 3 is 2.50 bits per heavy atom. The molecule has 0 aliphatic carbocycles. The molecule has 1 N–H and O–H groups in total. The van der Waals surface area contributed by atoms with E-state index in [1.807, 2.05) is 27.7 Å². The van der Waals surface area contributed by atoms with Gasteiger partial charge in [-0.3, -0.25) is 4.68 Å². The smallest absolute Gasteiger partial charge is 0.246 e. The largest absolute Gasteiger partial charge is 0.396 e. The molecule has 0 radical (unpaired) electrons. The molecule has 1 heterocycles. The topological polar surface area (TPSA) is 75.4 Å². The molecular formula is C13H25N3O3S. The Kier molecular flexibility index (Phi) is 6.16. The molecule has 0 bridgehead atoms. The van der Waals surface area contributed by atoms with Gasteiger partial charge in [0, 0.05) is 31.9 Å². The van der Waals surface area contributed by atoms with Crippen molar-refractivity contribution < 1.29 is 13.5 Å². The number of aryl methyl sites for hydroxylation is 1. The van der Waals surface area contributed by atoms with Crippen molar-refractivity contribution in [1.29, 1.82) is 0 Å². The number of aliphatic hydroxyl groups excluding tert-OH is 1. The van der Waals surface area contributed by atoms with E-state index >= 15 is 0 Å². The van der Waals surface area contributed by atoms with E-state index in [2.05, 4.69) is 5.10 Å². The molecule has 0 aromatic carbocycles. The molecule has 0 fully saturated rings. The summed E-state index contributed by atoms with van der Waals surface area (Å²) in [6.07, 6.45) is 3.46. The number of sulfonamides is 1. The van der Waals surface area contributed by atoms with Crippen molar-refractivity contribution in [3.05, 3.63) is 12.4 Å². The summed E-state index contributed by atoms with van der Waals surface area (Å²) in [4.78, 5) is 0.213. The summed E-state index contributed by atoms with van der Waals surface area (Å²) in [5, 5.41) is 12.8. The summed E-state index contributed by atoms with van der Waals surface area (Å²) < 4.78 is 28.3. The van der Waals surface area contributed by atoms with Crippen molar-refractivity contribution in [3.63, 3.8) is 0 Å². The first-order valence-electron chi connectivity index (χ1n) is 6.94. The standard InChI is InChI=1S/C13H25N3O3S/c1-11(2)9-16(12(3)4)20(18,19)13-8-14-15(10-13)6-5-7-17/h8,10-12,17H,5-7,9H2,1-4H3. The molecule has 0 spiro atoms. The van der Waals surface area contributed by atoms with Crippen LogP contribution in [0.15, 0.2) is 17.3 Å². The van der Waals surface area contributed by atoms with E-state index in [1.165, 1.54) is 16.7 Å². The van der Waals surface area contributed by atoms with Crippen LogP contribution in [0.25, 0.3) is 0 Å². The third-order valence-corrected chi connectivity index (χ3v) is 4.88. The fourth-order valence-electron chi connectivity index (χ4n) is 1.91. The van der Waals surface area contributed by atoms with Crippen LogP contribution in [0.3, 0.4) is 0 Å². The summed E-state index contributed by atoms with van der Waals surface area (Å²) in [6, 6.07) is -0.0943. The molecule has 1 aromatic rings. The van der Waals surface area contributed by atoms with Gasteiger partial charge in [0.1, 0.15) is 4.90 Å². The van der Waals surface area contributed by atoms with Crippen LogP contribution in [-0.2, 0) is 16.6 Å². The van der Waals surface area contributed by atoms with Crippen LogP contribution in [0.4, 0.5) is 0 Å². The van der Waals surface area contributed by atoms with Gasteiger partial charge in [-0.2, -0.15) is 9.40 Å². The predicted octanol–water partition coefficient (Wildman–Crippen LogP) is 1.32. The first kappa shape index (κ1) is 17.1. The third kappa shape index (κ3) is 4.29. The average molecular weight is 303 g/mol. The van der Waals surface area contributed by atoms with E-state index in [0.717, 1.165) is 0 Å². The zero-order valence-corrected chi connectivity index (χ0v) is 13.5. The lowest BCUT2D eigenvalue weighted by Crippen LogP contribution is -2.39. The molecular weight excluding hydrogens is 278 g/mol. The van der Waals surface area contributed by atoms with E-state index in [0.29, 0.717) is 19.5 Å². The lowest BCUT2D eigenvalue weighted by Gasteiger charge is -2.26. The highest BCUT2D eigenvalue weighted by Gasteiger charge is 2.28. The van der Waals surface area contributed by atoms with E-state index < -0.39 is 10.0 Å². The second kappa shape index (κ2) is 7.19. The van der Waals surface area contributed by atoms with Crippen LogP contribution >= 0.6 is 0 Å². The minimum absolute atomic E-state index is 0.0629. The highest BCUT2D eigenvalue weighted by atomic mass is 32.2. The average Bonchev–Trinajstić information content (AvgIpc) is 2.82. The highest BCUT2D eigenvalue weighted by molar-refractivity contribution is 7.89. The van der Waals surface area contributed by atoms with Crippen molar-refractivity contribution in [2.45, 2.75) is 51.6 Å². The van der Waals surface area contributed by atoms with Gasteiger partial charge >= 0.3 is 0 Å². The van der Waals surface area contributed by atoms with Gasteiger partial charge in [-0.25, -0.2) is 8.42 Å². The first-order chi connectivity index (χ1) is 9.28. The van der Waals surface area contributed by atoms with Gasteiger partial charge in [0.15, 0.2) is 0 Å². The number of rotatable bonds is 8. The lowest BCUT2D eigenvalue weighted by atomic mass is 10.2. The van der Waals surface area contributed by atoms with Gasteiger partial charge in [-0.1, -0.05) is 13.8 Å². The van der Waals surface area contributed by atoms with Gasteiger partial charge in [-0.05, 0) is 26.2 Å². The van der Waals surface area contributed by atoms with E-state index in [9.17, 15) is 8.42 Å². The normalized spacial score (nSPS) is 12.8. The predicted molar refractivity (Wildman–Crippen MR) is 77.8 cm³/mol. The maximum Gasteiger partial charge on any atom is 0.246 e. The maximum atomic E-state index is 12.6. The number of aliphatic hydroxyl groups is 1. The summed E-state index contributed by atoms with van der Waals surface area (Å²) >= 11 is 0.